The zero-order chi connectivity index (χ0) is 13.3. The predicted octanol–water partition coefficient (Wildman–Crippen LogP) is 4.41. The lowest BCUT2D eigenvalue weighted by atomic mass is 10.1. The number of aryl methyl sites for hydroxylation is 2. The average Bonchev–Trinajstić information content (AvgIpc) is 2.82. The molecular formula is C14H22N2O. The molecular weight excluding hydrogens is 212 g/mol. The van der Waals surface area contributed by atoms with Gasteiger partial charge in [0.15, 0.2) is 5.82 Å². The van der Waals surface area contributed by atoms with Crippen LogP contribution in [0.5, 0.6) is 0 Å². The molecule has 0 spiro atoms. The molecule has 2 aromatic rings. The van der Waals surface area contributed by atoms with E-state index in [2.05, 4.69) is 10.1 Å². The van der Waals surface area contributed by atoms with Gasteiger partial charge in [-0.1, -0.05) is 50.5 Å². The van der Waals surface area contributed by atoms with Gasteiger partial charge in [-0.15, -0.1) is 0 Å². The fraction of sp³-hybridized carbons (Fsp3) is 0.429. The van der Waals surface area contributed by atoms with Gasteiger partial charge in [0.25, 0.3) is 5.89 Å². The van der Waals surface area contributed by atoms with E-state index in [-0.39, 0.29) is 0 Å². The lowest BCUT2D eigenvalue weighted by molar-refractivity contribution is 0.425. The Balaban J connectivity index is 0.000000581. The van der Waals surface area contributed by atoms with Crippen LogP contribution >= 0.6 is 0 Å². The number of hydrogen-bond acceptors (Lipinski definition) is 3. The first kappa shape index (κ1) is 15.4. The highest BCUT2D eigenvalue weighted by Gasteiger charge is 2.04. The molecule has 0 bridgehead atoms. The maximum atomic E-state index is 5.03. The minimum absolute atomic E-state index is 0.581. The zero-order valence-corrected chi connectivity index (χ0v) is 11.6. The number of benzene rings is 1. The van der Waals surface area contributed by atoms with Crippen LogP contribution in [0.1, 0.15) is 39.1 Å². The van der Waals surface area contributed by atoms with Crippen molar-refractivity contribution in [2.75, 3.05) is 0 Å². The molecule has 0 unspecified atom stereocenters. The summed E-state index contributed by atoms with van der Waals surface area (Å²) in [4.78, 5) is 4.13. The van der Waals surface area contributed by atoms with Crippen LogP contribution in [0.2, 0.25) is 0 Å². The summed E-state index contributed by atoms with van der Waals surface area (Å²) in [7, 11) is 0. The molecule has 0 radical (unpaired) electrons. The fourth-order valence-electron chi connectivity index (χ4n) is 1.11. The fourth-order valence-corrected chi connectivity index (χ4v) is 1.11. The molecule has 0 saturated carbocycles. The third-order valence-corrected chi connectivity index (χ3v) is 1.83. The third-order valence-electron chi connectivity index (χ3n) is 1.83. The largest absolute Gasteiger partial charge is 0.334 e. The molecule has 1 aromatic carbocycles. The van der Waals surface area contributed by atoms with E-state index in [9.17, 15) is 0 Å². The van der Waals surface area contributed by atoms with Gasteiger partial charge in [-0.3, -0.25) is 0 Å². The molecule has 0 saturated heterocycles. The highest BCUT2D eigenvalue weighted by Crippen LogP contribution is 2.16. The maximum absolute atomic E-state index is 5.03. The van der Waals surface area contributed by atoms with Crippen LogP contribution < -0.4 is 0 Å². The minimum Gasteiger partial charge on any atom is -0.334 e. The van der Waals surface area contributed by atoms with Crippen molar-refractivity contribution in [2.45, 2.75) is 41.5 Å². The first-order valence-corrected chi connectivity index (χ1v) is 6.13. The summed E-state index contributed by atoms with van der Waals surface area (Å²) < 4.78 is 5.03. The van der Waals surface area contributed by atoms with E-state index in [1.54, 1.807) is 6.92 Å². The van der Waals surface area contributed by atoms with E-state index in [1.165, 1.54) is 5.56 Å². The van der Waals surface area contributed by atoms with Crippen molar-refractivity contribution in [1.29, 1.82) is 0 Å². The van der Waals surface area contributed by atoms with Gasteiger partial charge < -0.3 is 4.52 Å². The summed E-state index contributed by atoms with van der Waals surface area (Å²) in [5, 5.41) is 3.73. The Morgan fingerprint density at radius 3 is 1.82 bits per heavy atom. The van der Waals surface area contributed by atoms with Gasteiger partial charge in [0.1, 0.15) is 0 Å². The van der Waals surface area contributed by atoms with E-state index in [0.29, 0.717) is 11.7 Å². The Morgan fingerprint density at radius 2 is 1.41 bits per heavy atom. The van der Waals surface area contributed by atoms with Gasteiger partial charge in [0.2, 0.25) is 0 Å². The number of hydrogen-bond donors (Lipinski definition) is 0. The lowest BCUT2D eigenvalue weighted by Gasteiger charge is -1.93. The third kappa shape index (κ3) is 4.81. The Bertz CT molecular complexity index is 404. The van der Waals surface area contributed by atoms with Crippen LogP contribution in [0.4, 0.5) is 0 Å². The molecule has 3 heteroatoms. The molecule has 0 aliphatic heterocycles. The quantitative estimate of drug-likeness (QED) is 0.733. The van der Waals surface area contributed by atoms with Crippen molar-refractivity contribution in [3.05, 3.63) is 35.7 Å². The summed E-state index contributed by atoms with van der Waals surface area (Å²) in [6, 6.07) is 7.99. The molecule has 2 rings (SSSR count). The van der Waals surface area contributed by atoms with Gasteiger partial charge in [0.05, 0.1) is 0 Å². The Morgan fingerprint density at radius 1 is 0.882 bits per heavy atom. The lowest BCUT2D eigenvalue weighted by Crippen LogP contribution is -1.78. The molecule has 17 heavy (non-hydrogen) atoms. The molecule has 0 N–H and O–H groups in total. The smallest absolute Gasteiger partial charge is 0.257 e. The van der Waals surface area contributed by atoms with E-state index >= 15 is 0 Å². The monoisotopic (exact) mass is 234 g/mol. The summed E-state index contributed by atoms with van der Waals surface area (Å²) in [5.74, 6) is 1.24. The van der Waals surface area contributed by atoms with Crippen LogP contribution in [0.3, 0.4) is 0 Å². The molecule has 0 aliphatic carbocycles. The highest BCUT2D eigenvalue weighted by atomic mass is 16.5. The van der Waals surface area contributed by atoms with Crippen LogP contribution in [0.15, 0.2) is 28.8 Å². The normalized spacial score (nSPS) is 8.59. The second-order valence-electron chi connectivity index (χ2n) is 3.01. The topological polar surface area (TPSA) is 38.9 Å². The highest BCUT2D eigenvalue weighted by molar-refractivity contribution is 5.52. The average molecular weight is 234 g/mol. The summed E-state index contributed by atoms with van der Waals surface area (Å²) >= 11 is 0. The van der Waals surface area contributed by atoms with Gasteiger partial charge in [-0.25, -0.2) is 0 Å². The van der Waals surface area contributed by atoms with Crippen LogP contribution in [-0.4, -0.2) is 10.1 Å². The van der Waals surface area contributed by atoms with E-state index < -0.39 is 0 Å². The Kier molecular flexibility index (Phi) is 7.68. The summed E-state index contributed by atoms with van der Waals surface area (Å²) in [6.45, 7) is 11.9. The predicted molar refractivity (Wildman–Crippen MR) is 71.9 cm³/mol. The number of nitrogens with zero attached hydrogens (tertiary/aromatic N) is 2. The second kappa shape index (κ2) is 8.50. The van der Waals surface area contributed by atoms with Gasteiger partial charge in [-0.2, -0.15) is 4.98 Å². The molecule has 0 amide bonds. The SMILES string of the molecule is CC.CC.Cc1ccc(-c2nc(C)no2)cc1. The molecule has 3 nitrogen and oxygen atoms in total. The summed E-state index contributed by atoms with van der Waals surface area (Å²) in [5.41, 5.74) is 2.19. The van der Waals surface area contributed by atoms with Crippen molar-refractivity contribution in [3.63, 3.8) is 0 Å². The van der Waals surface area contributed by atoms with Crippen LogP contribution in [0.25, 0.3) is 11.5 Å². The molecule has 0 aliphatic rings. The maximum Gasteiger partial charge on any atom is 0.257 e. The molecule has 0 fully saturated rings. The van der Waals surface area contributed by atoms with Crippen LogP contribution in [0, 0.1) is 13.8 Å². The molecule has 1 heterocycles. The number of aromatic nitrogens is 2. The zero-order valence-electron chi connectivity index (χ0n) is 11.6. The molecule has 94 valence electrons. The van der Waals surface area contributed by atoms with Gasteiger partial charge in [-0.05, 0) is 26.0 Å². The van der Waals surface area contributed by atoms with E-state index in [1.807, 2.05) is 58.9 Å². The molecule has 1 aromatic heterocycles. The van der Waals surface area contributed by atoms with Gasteiger partial charge in [0, 0.05) is 5.56 Å². The Labute approximate surface area is 104 Å². The van der Waals surface area contributed by atoms with E-state index in [4.69, 9.17) is 4.52 Å². The standard InChI is InChI=1S/C10H10N2O.2C2H6/c1-7-3-5-9(6-4-7)10-11-8(2)12-13-10;2*1-2/h3-6H,1-2H3;2*1-2H3. The molecule has 0 atom stereocenters. The first-order valence-electron chi connectivity index (χ1n) is 6.13. The van der Waals surface area contributed by atoms with Crippen LogP contribution in [-0.2, 0) is 0 Å². The van der Waals surface area contributed by atoms with Crippen molar-refractivity contribution in [1.82, 2.24) is 10.1 Å². The number of rotatable bonds is 1. The van der Waals surface area contributed by atoms with Crippen molar-refractivity contribution in [2.24, 2.45) is 0 Å². The van der Waals surface area contributed by atoms with Gasteiger partial charge >= 0.3 is 0 Å². The van der Waals surface area contributed by atoms with Crippen molar-refractivity contribution in [3.8, 4) is 11.5 Å². The summed E-state index contributed by atoms with van der Waals surface area (Å²) in [6.07, 6.45) is 0. The van der Waals surface area contributed by atoms with E-state index in [0.717, 1.165) is 5.56 Å². The van der Waals surface area contributed by atoms with Crippen molar-refractivity contribution < 1.29 is 4.52 Å². The minimum atomic E-state index is 0.581. The first-order chi connectivity index (χ1) is 8.25. The van der Waals surface area contributed by atoms with Crippen molar-refractivity contribution >= 4 is 0 Å². The Hall–Kier alpha value is -1.64. The second-order valence-corrected chi connectivity index (χ2v) is 3.01.